The molecule has 1 fully saturated rings. The predicted molar refractivity (Wildman–Crippen MR) is 84.2 cm³/mol. The summed E-state index contributed by atoms with van der Waals surface area (Å²) < 4.78 is 5.80. The van der Waals surface area contributed by atoms with Crippen LogP contribution in [0.4, 0.5) is 0 Å². The topological polar surface area (TPSA) is 24.5 Å². The van der Waals surface area contributed by atoms with Crippen molar-refractivity contribution in [1.82, 2.24) is 10.2 Å². The van der Waals surface area contributed by atoms with Crippen LogP contribution in [-0.4, -0.2) is 37.2 Å². The van der Waals surface area contributed by atoms with Crippen molar-refractivity contribution in [3.63, 3.8) is 0 Å². The highest BCUT2D eigenvalue weighted by Crippen LogP contribution is 2.20. The summed E-state index contributed by atoms with van der Waals surface area (Å²) in [6.07, 6.45) is 3.86. The molecule has 1 aliphatic carbocycles. The summed E-state index contributed by atoms with van der Waals surface area (Å²) in [6.45, 7) is 7.17. The zero-order valence-corrected chi connectivity index (χ0v) is 13.1. The number of benzene rings is 1. The fraction of sp³-hybridized carbons (Fsp3) is 0.647. The van der Waals surface area contributed by atoms with Gasteiger partial charge < -0.3 is 15.0 Å². The van der Waals surface area contributed by atoms with Crippen LogP contribution < -0.4 is 10.1 Å². The Hall–Kier alpha value is -1.06. The molecule has 3 nitrogen and oxygen atoms in total. The highest BCUT2D eigenvalue weighted by molar-refractivity contribution is 5.27. The lowest BCUT2D eigenvalue weighted by molar-refractivity contribution is 0.196. The molecule has 20 heavy (non-hydrogen) atoms. The van der Waals surface area contributed by atoms with E-state index in [1.54, 1.807) is 0 Å². The van der Waals surface area contributed by atoms with E-state index in [1.807, 2.05) is 0 Å². The molecular formula is C17H28N2O. The largest absolute Gasteiger partial charge is 0.492 e. The molecule has 3 heteroatoms. The number of nitrogens with zero attached hydrogens (tertiary/aromatic N) is 1. The summed E-state index contributed by atoms with van der Waals surface area (Å²) in [7, 11) is 2.16. The number of likely N-dealkylation sites (N-methyl/N-ethyl adjacent to an activating group) is 1. The zero-order chi connectivity index (χ0) is 14.4. The Kier molecular flexibility index (Phi) is 5.86. The Morgan fingerprint density at radius 2 is 2.00 bits per heavy atom. The van der Waals surface area contributed by atoms with E-state index < -0.39 is 0 Å². The molecule has 1 atom stereocenters. The van der Waals surface area contributed by atoms with Crippen LogP contribution in [0.5, 0.6) is 5.75 Å². The maximum absolute atomic E-state index is 5.80. The van der Waals surface area contributed by atoms with E-state index >= 15 is 0 Å². The van der Waals surface area contributed by atoms with Gasteiger partial charge in [0.2, 0.25) is 0 Å². The molecule has 0 spiro atoms. The second-order valence-electron chi connectivity index (χ2n) is 5.89. The molecule has 1 aromatic rings. The first kappa shape index (κ1) is 15.3. The standard InChI is InChI=1S/C17H28N2O/c1-4-14(2)19(3)11-12-20-17-9-5-15(6-10-17)13-18-16-7-8-16/h5-6,9-10,14,16,18H,4,7-8,11-13H2,1-3H3. The second kappa shape index (κ2) is 7.65. The summed E-state index contributed by atoms with van der Waals surface area (Å²) in [5.41, 5.74) is 1.33. The Morgan fingerprint density at radius 3 is 2.60 bits per heavy atom. The van der Waals surface area contributed by atoms with Gasteiger partial charge >= 0.3 is 0 Å². The fourth-order valence-electron chi connectivity index (χ4n) is 2.09. The van der Waals surface area contributed by atoms with Gasteiger partial charge in [-0.3, -0.25) is 0 Å². The number of rotatable bonds is 9. The van der Waals surface area contributed by atoms with Crippen molar-refractivity contribution in [2.45, 2.75) is 51.7 Å². The molecular weight excluding hydrogens is 248 g/mol. The highest BCUT2D eigenvalue weighted by Gasteiger charge is 2.19. The van der Waals surface area contributed by atoms with Crippen molar-refractivity contribution in [2.75, 3.05) is 20.2 Å². The van der Waals surface area contributed by atoms with Crippen molar-refractivity contribution >= 4 is 0 Å². The molecule has 0 aromatic heterocycles. The summed E-state index contributed by atoms with van der Waals surface area (Å²) in [4.78, 5) is 2.34. The van der Waals surface area contributed by atoms with E-state index in [-0.39, 0.29) is 0 Å². The van der Waals surface area contributed by atoms with E-state index in [4.69, 9.17) is 4.74 Å². The van der Waals surface area contributed by atoms with Crippen LogP contribution in [0.15, 0.2) is 24.3 Å². The van der Waals surface area contributed by atoms with Crippen LogP contribution in [0.2, 0.25) is 0 Å². The van der Waals surface area contributed by atoms with Crippen molar-refractivity contribution < 1.29 is 4.74 Å². The Bertz CT molecular complexity index is 386. The van der Waals surface area contributed by atoms with Gasteiger partial charge in [0.1, 0.15) is 12.4 Å². The van der Waals surface area contributed by atoms with Gasteiger partial charge in [-0.1, -0.05) is 19.1 Å². The third-order valence-electron chi connectivity index (χ3n) is 4.15. The third-order valence-corrected chi connectivity index (χ3v) is 4.15. The molecule has 0 amide bonds. The van der Waals surface area contributed by atoms with Gasteiger partial charge in [0.05, 0.1) is 0 Å². The monoisotopic (exact) mass is 276 g/mol. The molecule has 1 aliphatic rings. The van der Waals surface area contributed by atoms with Gasteiger partial charge in [0.15, 0.2) is 0 Å². The SMILES string of the molecule is CCC(C)N(C)CCOc1ccc(CNC2CC2)cc1. The maximum atomic E-state index is 5.80. The lowest BCUT2D eigenvalue weighted by atomic mass is 10.2. The molecule has 112 valence electrons. The zero-order valence-electron chi connectivity index (χ0n) is 13.1. The van der Waals surface area contributed by atoms with E-state index in [2.05, 4.69) is 55.4 Å². The van der Waals surface area contributed by atoms with E-state index in [0.29, 0.717) is 6.04 Å². The fourth-order valence-corrected chi connectivity index (χ4v) is 2.09. The molecule has 0 heterocycles. The molecule has 1 unspecified atom stereocenters. The van der Waals surface area contributed by atoms with Gasteiger partial charge in [-0.05, 0) is 50.9 Å². The molecule has 1 saturated carbocycles. The quantitative estimate of drug-likeness (QED) is 0.750. The van der Waals surface area contributed by atoms with Crippen LogP contribution in [0.1, 0.15) is 38.7 Å². The molecule has 0 saturated heterocycles. The van der Waals surface area contributed by atoms with Gasteiger partial charge in [-0.2, -0.15) is 0 Å². The van der Waals surface area contributed by atoms with E-state index in [0.717, 1.165) is 31.5 Å². The first-order valence-corrected chi connectivity index (χ1v) is 7.84. The summed E-state index contributed by atoms with van der Waals surface area (Å²) in [5, 5.41) is 3.52. The summed E-state index contributed by atoms with van der Waals surface area (Å²) in [6, 6.07) is 9.85. The van der Waals surface area contributed by atoms with Crippen LogP contribution >= 0.6 is 0 Å². The molecule has 1 aromatic carbocycles. The Morgan fingerprint density at radius 1 is 1.30 bits per heavy atom. The Labute approximate surface area is 123 Å². The first-order chi connectivity index (χ1) is 9.69. The smallest absolute Gasteiger partial charge is 0.119 e. The van der Waals surface area contributed by atoms with Crippen molar-refractivity contribution in [2.24, 2.45) is 0 Å². The third kappa shape index (κ3) is 5.14. The van der Waals surface area contributed by atoms with Gasteiger partial charge in [-0.15, -0.1) is 0 Å². The predicted octanol–water partition coefficient (Wildman–Crippen LogP) is 3.05. The van der Waals surface area contributed by atoms with E-state index in [9.17, 15) is 0 Å². The molecule has 0 radical (unpaired) electrons. The minimum absolute atomic E-state index is 0.620. The number of hydrogen-bond donors (Lipinski definition) is 1. The Balaban J connectivity index is 1.67. The van der Waals surface area contributed by atoms with Crippen LogP contribution in [0.3, 0.4) is 0 Å². The normalized spacial score (nSPS) is 16.4. The van der Waals surface area contributed by atoms with Gasteiger partial charge in [0.25, 0.3) is 0 Å². The van der Waals surface area contributed by atoms with Crippen molar-refractivity contribution in [3.8, 4) is 5.75 Å². The molecule has 2 rings (SSSR count). The van der Waals surface area contributed by atoms with Gasteiger partial charge in [0, 0.05) is 25.2 Å². The summed E-state index contributed by atoms with van der Waals surface area (Å²) >= 11 is 0. The molecule has 0 aliphatic heterocycles. The lowest BCUT2D eigenvalue weighted by Crippen LogP contribution is -2.32. The van der Waals surface area contributed by atoms with Gasteiger partial charge in [-0.25, -0.2) is 0 Å². The number of hydrogen-bond acceptors (Lipinski definition) is 3. The van der Waals surface area contributed by atoms with Crippen LogP contribution in [0.25, 0.3) is 0 Å². The molecule has 0 bridgehead atoms. The average Bonchev–Trinajstić information content (AvgIpc) is 3.29. The average molecular weight is 276 g/mol. The summed E-state index contributed by atoms with van der Waals surface area (Å²) in [5.74, 6) is 0.970. The first-order valence-electron chi connectivity index (χ1n) is 7.84. The number of ether oxygens (including phenoxy) is 1. The van der Waals surface area contributed by atoms with E-state index in [1.165, 1.54) is 24.8 Å². The minimum Gasteiger partial charge on any atom is -0.492 e. The van der Waals surface area contributed by atoms with Crippen molar-refractivity contribution in [1.29, 1.82) is 0 Å². The number of nitrogens with one attached hydrogen (secondary N) is 1. The maximum Gasteiger partial charge on any atom is 0.119 e. The highest BCUT2D eigenvalue weighted by atomic mass is 16.5. The molecule has 1 N–H and O–H groups in total. The lowest BCUT2D eigenvalue weighted by Gasteiger charge is -2.23. The van der Waals surface area contributed by atoms with Crippen LogP contribution in [-0.2, 0) is 6.54 Å². The second-order valence-corrected chi connectivity index (χ2v) is 5.89. The van der Waals surface area contributed by atoms with Crippen molar-refractivity contribution in [3.05, 3.63) is 29.8 Å². The minimum atomic E-state index is 0.620. The van der Waals surface area contributed by atoms with Crippen LogP contribution in [0, 0.1) is 0 Å².